The average Bonchev–Trinajstić information content (AvgIpc) is 3.40. The van der Waals surface area contributed by atoms with Crippen molar-refractivity contribution in [3.63, 3.8) is 0 Å². The van der Waals surface area contributed by atoms with E-state index in [0.29, 0.717) is 39.3 Å². The van der Waals surface area contributed by atoms with Crippen LogP contribution < -0.4 is 27.0 Å². The number of H-pyrrole nitrogens is 2. The summed E-state index contributed by atoms with van der Waals surface area (Å²) in [5.74, 6) is 1.49. The molecule has 0 aliphatic heterocycles. The van der Waals surface area contributed by atoms with Gasteiger partial charge in [0.25, 0.3) is 0 Å². The molecule has 1 fully saturated rings. The van der Waals surface area contributed by atoms with Gasteiger partial charge in [-0.3, -0.25) is 0 Å². The summed E-state index contributed by atoms with van der Waals surface area (Å²) in [5.41, 5.74) is 1.56. The SMILES string of the molecule is C=c1[nH]c(=O)[nH]/c1=C\c1cnn2c(NCC3CC3)cc(Nc3ccc(F)c(Cl)c3)nc12. The molecule has 1 aliphatic rings. The van der Waals surface area contributed by atoms with E-state index in [9.17, 15) is 9.18 Å². The maximum Gasteiger partial charge on any atom is 0.323 e. The van der Waals surface area contributed by atoms with Crippen molar-refractivity contribution in [2.24, 2.45) is 5.92 Å². The van der Waals surface area contributed by atoms with E-state index in [1.54, 1.807) is 22.9 Å². The summed E-state index contributed by atoms with van der Waals surface area (Å²) in [6.45, 7) is 4.67. The smallest absolute Gasteiger partial charge is 0.323 e. The number of aromatic amines is 2. The standard InChI is InChI=1S/C21H19ClFN7O/c1-11-17(28-21(31)26-11)6-13-10-25-30-19(24-9-12-2-3-12)8-18(29-20(13)30)27-14-4-5-16(23)15(22)7-14/h4-8,10,12,24H,1-3,9H2,(H,27,29)(H2,26,28,31)/b17-6-. The Morgan fingerprint density at radius 2 is 2.16 bits per heavy atom. The Kier molecular flexibility index (Phi) is 4.74. The van der Waals surface area contributed by atoms with Crippen molar-refractivity contribution in [3.05, 3.63) is 68.0 Å². The van der Waals surface area contributed by atoms with Crippen LogP contribution in [0.3, 0.4) is 0 Å². The Morgan fingerprint density at radius 1 is 1.32 bits per heavy atom. The molecule has 0 spiro atoms. The number of hydrogen-bond donors (Lipinski definition) is 4. The molecule has 31 heavy (non-hydrogen) atoms. The van der Waals surface area contributed by atoms with Crippen LogP contribution in [-0.2, 0) is 0 Å². The molecule has 0 amide bonds. The van der Waals surface area contributed by atoms with Gasteiger partial charge in [0.15, 0.2) is 5.65 Å². The van der Waals surface area contributed by atoms with E-state index in [-0.39, 0.29) is 10.7 Å². The first-order chi connectivity index (χ1) is 15.0. The van der Waals surface area contributed by atoms with Crippen LogP contribution in [0.5, 0.6) is 0 Å². The molecule has 0 unspecified atom stereocenters. The lowest BCUT2D eigenvalue weighted by molar-refractivity contribution is 0.628. The molecule has 5 rings (SSSR count). The molecular weight excluding hydrogens is 421 g/mol. The summed E-state index contributed by atoms with van der Waals surface area (Å²) < 4.78 is 15.2. The number of hydrogen-bond acceptors (Lipinski definition) is 5. The van der Waals surface area contributed by atoms with Crippen molar-refractivity contribution >= 4 is 47.2 Å². The summed E-state index contributed by atoms with van der Waals surface area (Å²) in [4.78, 5) is 21.5. The highest BCUT2D eigenvalue weighted by Gasteiger charge is 2.21. The molecule has 0 saturated heterocycles. The number of nitrogens with one attached hydrogen (secondary N) is 4. The van der Waals surface area contributed by atoms with Gasteiger partial charge < -0.3 is 20.6 Å². The molecule has 1 saturated carbocycles. The predicted molar refractivity (Wildman–Crippen MR) is 119 cm³/mol. The molecular formula is C21H19ClFN7O. The van der Waals surface area contributed by atoms with Crippen molar-refractivity contribution in [2.45, 2.75) is 12.8 Å². The molecule has 4 aromatic rings. The molecule has 8 nitrogen and oxygen atoms in total. The highest BCUT2D eigenvalue weighted by molar-refractivity contribution is 6.31. The van der Waals surface area contributed by atoms with E-state index in [4.69, 9.17) is 11.6 Å². The average molecular weight is 440 g/mol. The van der Waals surface area contributed by atoms with Crippen LogP contribution in [0.25, 0.3) is 18.3 Å². The lowest BCUT2D eigenvalue weighted by atomic mass is 10.3. The van der Waals surface area contributed by atoms with E-state index in [1.807, 2.05) is 6.07 Å². The van der Waals surface area contributed by atoms with Gasteiger partial charge >= 0.3 is 5.69 Å². The van der Waals surface area contributed by atoms with E-state index in [0.717, 1.165) is 12.4 Å². The van der Waals surface area contributed by atoms with Crippen LogP contribution in [0.4, 0.5) is 21.7 Å². The highest BCUT2D eigenvalue weighted by atomic mass is 35.5. The van der Waals surface area contributed by atoms with Crippen molar-refractivity contribution in [2.75, 3.05) is 17.2 Å². The number of imidazole rings is 1. The number of nitrogens with zero attached hydrogens (tertiary/aromatic N) is 3. The number of aromatic nitrogens is 5. The van der Waals surface area contributed by atoms with E-state index in [1.165, 1.54) is 25.0 Å². The van der Waals surface area contributed by atoms with Crippen molar-refractivity contribution in [1.82, 2.24) is 24.6 Å². The Bertz CT molecular complexity index is 1450. The van der Waals surface area contributed by atoms with Crippen molar-refractivity contribution in [3.8, 4) is 0 Å². The Morgan fingerprint density at radius 3 is 2.87 bits per heavy atom. The molecule has 0 bridgehead atoms. The van der Waals surface area contributed by atoms with Gasteiger partial charge in [-0.1, -0.05) is 18.2 Å². The molecule has 1 aliphatic carbocycles. The summed E-state index contributed by atoms with van der Waals surface area (Å²) in [5, 5.41) is 12.1. The summed E-state index contributed by atoms with van der Waals surface area (Å²) in [7, 11) is 0. The first kappa shape index (κ1) is 19.4. The second kappa shape index (κ2) is 7.59. The van der Waals surface area contributed by atoms with Gasteiger partial charge in [0, 0.05) is 23.9 Å². The molecule has 3 heterocycles. The monoisotopic (exact) mass is 439 g/mol. The minimum absolute atomic E-state index is 0.0240. The third kappa shape index (κ3) is 4.04. The molecule has 0 radical (unpaired) electrons. The third-order valence-electron chi connectivity index (χ3n) is 5.10. The zero-order valence-corrected chi connectivity index (χ0v) is 17.1. The van der Waals surface area contributed by atoms with Gasteiger partial charge in [-0.15, -0.1) is 0 Å². The number of halogens is 2. The van der Waals surface area contributed by atoms with Crippen LogP contribution in [0.15, 0.2) is 35.3 Å². The van der Waals surface area contributed by atoms with E-state index < -0.39 is 5.82 Å². The van der Waals surface area contributed by atoms with Gasteiger partial charge in [-0.2, -0.15) is 9.61 Å². The maximum absolute atomic E-state index is 13.5. The van der Waals surface area contributed by atoms with Crippen molar-refractivity contribution < 1.29 is 4.39 Å². The topological polar surface area (TPSA) is 103 Å². The fourth-order valence-corrected chi connectivity index (χ4v) is 3.46. The summed E-state index contributed by atoms with van der Waals surface area (Å²) in [6.07, 6.45) is 5.87. The maximum atomic E-state index is 13.5. The molecule has 3 aromatic heterocycles. The highest BCUT2D eigenvalue weighted by Crippen LogP contribution is 2.30. The van der Waals surface area contributed by atoms with Gasteiger partial charge in [0.1, 0.15) is 17.5 Å². The predicted octanol–water partition coefficient (Wildman–Crippen LogP) is 2.34. The fourth-order valence-electron chi connectivity index (χ4n) is 3.28. The number of benzene rings is 1. The van der Waals surface area contributed by atoms with Crippen LogP contribution in [0.2, 0.25) is 5.02 Å². The Hall–Kier alpha value is -3.59. The van der Waals surface area contributed by atoms with Crippen LogP contribution in [0, 0.1) is 11.7 Å². The van der Waals surface area contributed by atoms with E-state index >= 15 is 0 Å². The minimum Gasteiger partial charge on any atom is -0.370 e. The first-order valence-corrected chi connectivity index (χ1v) is 10.2. The van der Waals surface area contributed by atoms with Gasteiger partial charge in [-0.25, -0.2) is 14.2 Å². The summed E-state index contributed by atoms with van der Waals surface area (Å²) in [6, 6.07) is 6.23. The second-order valence-electron chi connectivity index (χ2n) is 7.56. The molecule has 10 heteroatoms. The fraction of sp³-hybridized carbons (Fsp3) is 0.190. The quantitative estimate of drug-likeness (QED) is 0.369. The molecule has 158 valence electrons. The summed E-state index contributed by atoms with van der Waals surface area (Å²) >= 11 is 5.91. The number of rotatable bonds is 6. The molecule has 1 aromatic carbocycles. The second-order valence-corrected chi connectivity index (χ2v) is 7.96. The zero-order valence-electron chi connectivity index (χ0n) is 16.4. The number of fused-ring (bicyclic) bond motifs is 1. The Balaban J connectivity index is 1.60. The van der Waals surface area contributed by atoms with Gasteiger partial charge in [-0.05, 0) is 43.0 Å². The normalized spacial score (nSPS) is 14.3. The van der Waals surface area contributed by atoms with Crippen LogP contribution >= 0.6 is 11.6 Å². The number of anilines is 3. The molecule has 4 N–H and O–H groups in total. The largest absolute Gasteiger partial charge is 0.370 e. The van der Waals surface area contributed by atoms with Gasteiger partial charge in [0.05, 0.1) is 21.9 Å². The Labute approximate surface area is 180 Å². The zero-order chi connectivity index (χ0) is 21.5. The first-order valence-electron chi connectivity index (χ1n) is 9.80. The van der Waals surface area contributed by atoms with Gasteiger partial charge in [0.2, 0.25) is 0 Å². The van der Waals surface area contributed by atoms with Crippen molar-refractivity contribution in [1.29, 1.82) is 0 Å². The lowest BCUT2D eigenvalue weighted by Gasteiger charge is -2.12. The minimum atomic E-state index is -0.487. The van der Waals surface area contributed by atoms with Crippen LogP contribution in [-0.4, -0.2) is 31.1 Å². The lowest BCUT2D eigenvalue weighted by Crippen LogP contribution is -2.22. The third-order valence-corrected chi connectivity index (χ3v) is 5.39. The molecule has 0 atom stereocenters. The van der Waals surface area contributed by atoms with Crippen LogP contribution in [0.1, 0.15) is 18.4 Å². The van der Waals surface area contributed by atoms with E-state index in [2.05, 4.69) is 37.3 Å².